The molecule has 0 aliphatic rings. The van der Waals surface area contributed by atoms with Crippen molar-refractivity contribution in [3.05, 3.63) is 5.28 Å². The molecule has 0 unspecified atom stereocenters. The number of nitrogen functional groups attached to an aromatic ring is 1. The Morgan fingerprint density at radius 1 is 1.38 bits per heavy atom. The lowest BCUT2D eigenvalue weighted by atomic mass is 10.6. The minimum Gasteiger partial charge on any atom is -0.368 e. The lowest BCUT2D eigenvalue weighted by molar-refractivity contribution is 0.601. The molecule has 2 N–H and O–H groups in total. The van der Waals surface area contributed by atoms with Crippen LogP contribution in [0.5, 0.6) is 0 Å². The van der Waals surface area contributed by atoms with Crippen molar-refractivity contribution < 1.29 is 8.42 Å². The van der Waals surface area contributed by atoms with Gasteiger partial charge in [-0.05, 0) is 11.6 Å². The molecule has 1 aromatic heterocycles. The van der Waals surface area contributed by atoms with Gasteiger partial charge in [0.1, 0.15) is 9.84 Å². The summed E-state index contributed by atoms with van der Waals surface area (Å²) in [6, 6.07) is 0. The molecule has 9 heteroatoms. The van der Waals surface area contributed by atoms with E-state index < -0.39 is 9.84 Å². The molecule has 0 radical (unpaired) electrons. The standard InChI is InChI=1S/C7H12ClN5O2S/c1-13(3-4-16(2,14)15)7-11-5(8)10-6(9)12-7/h3-4H2,1-2H3,(H2,9,10,11,12). The number of nitrogens with two attached hydrogens (primary N) is 1. The van der Waals surface area contributed by atoms with Crippen LogP contribution in [-0.2, 0) is 9.84 Å². The predicted molar refractivity (Wildman–Crippen MR) is 62.2 cm³/mol. The monoisotopic (exact) mass is 265 g/mol. The SMILES string of the molecule is CN(CCS(C)(=O)=O)c1nc(N)nc(Cl)n1. The highest BCUT2D eigenvalue weighted by Crippen LogP contribution is 2.10. The first-order valence-corrected chi connectivity index (χ1v) is 6.78. The zero-order valence-corrected chi connectivity index (χ0v) is 10.5. The van der Waals surface area contributed by atoms with Gasteiger partial charge in [-0.15, -0.1) is 0 Å². The van der Waals surface area contributed by atoms with E-state index in [2.05, 4.69) is 15.0 Å². The largest absolute Gasteiger partial charge is 0.368 e. The molecule has 0 aromatic carbocycles. The Morgan fingerprint density at radius 2 is 2.00 bits per heavy atom. The lowest BCUT2D eigenvalue weighted by Crippen LogP contribution is -2.27. The Kier molecular flexibility index (Phi) is 3.87. The average Bonchev–Trinajstić information content (AvgIpc) is 2.11. The number of hydrogen-bond donors (Lipinski definition) is 1. The first-order chi connectivity index (χ1) is 7.28. The van der Waals surface area contributed by atoms with Gasteiger partial charge in [0.15, 0.2) is 0 Å². The minimum absolute atomic E-state index is 0.00112. The van der Waals surface area contributed by atoms with Crippen molar-refractivity contribution in [3.63, 3.8) is 0 Å². The number of anilines is 2. The molecule has 0 atom stereocenters. The highest BCUT2D eigenvalue weighted by molar-refractivity contribution is 7.90. The molecule has 0 bridgehead atoms. The normalized spacial score (nSPS) is 11.4. The van der Waals surface area contributed by atoms with Gasteiger partial charge in [-0.3, -0.25) is 0 Å². The van der Waals surface area contributed by atoms with Crippen molar-refractivity contribution >= 4 is 33.3 Å². The fraction of sp³-hybridized carbons (Fsp3) is 0.571. The number of sulfone groups is 1. The van der Waals surface area contributed by atoms with Gasteiger partial charge in [0.25, 0.3) is 0 Å². The number of hydrogen-bond acceptors (Lipinski definition) is 7. The van der Waals surface area contributed by atoms with Crippen LogP contribution >= 0.6 is 11.6 Å². The van der Waals surface area contributed by atoms with E-state index in [0.29, 0.717) is 0 Å². The number of aromatic nitrogens is 3. The molecule has 0 fully saturated rings. The zero-order valence-electron chi connectivity index (χ0n) is 8.88. The van der Waals surface area contributed by atoms with Gasteiger partial charge in [-0.2, -0.15) is 15.0 Å². The summed E-state index contributed by atoms with van der Waals surface area (Å²) < 4.78 is 21.9. The summed E-state index contributed by atoms with van der Waals surface area (Å²) in [5.41, 5.74) is 5.39. The molecular formula is C7H12ClN5O2S. The molecule has 90 valence electrons. The van der Waals surface area contributed by atoms with Gasteiger partial charge in [0.05, 0.1) is 5.75 Å². The molecule has 0 aliphatic carbocycles. The summed E-state index contributed by atoms with van der Waals surface area (Å²) in [6.07, 6.45) is 1.16. The van der Waals surface area contributed by atoms with E-state index in [9.17, 15) is 8.42 Å². The van der Waals surface area contributed by atoms with Gasteiger partial charge >= 0.3 is 0 Å². The summed E-state index contributed by atoms with van der Waals surface area (Å²) >= 11 is 5.60. The maximum atomic E-state index is 11.0. The molecule has 0 saturated heterocycles. The lowest BCUT2D eigenvalue weighted by Gasteiger charge is -2.16. The van der Waals surface area contributed by atoms with Crippen LogP contribution in [0.25, 0.3) is 0 Å². The van der Waals surface area contributed by atoms with E-state index in [1.807, 2.05) is 0 Å². The molecule has 0 aliphatic heterocycles. The highest BCUT2D eigenvalue weighted by atomic mass is 35.5. The van der Waals surface area contributed by atoms with Crippen molar-refractivity contribution in [2.24, 2.45) is 0 Å². The second-order valence-corrected chi connectivity index (χ2v) is 5.91. The number of rotatable bonds is 4. The van der Waals surface area contributed by atoms with Crippen LogP contribution < -0.4 is 10.6 Å². The maximum absolute atomic E-state index is 11.0. The second kappa shape index (κ2) is 4.79. The van der Waals surface area contributed by atoms with Crippen LogP contribution in [0.3, 0.4) is 0 Å². The van der Waals surface area contributed by atoms with Crippen molar-refractivity contribution in [3.8, 4) is 0 Å². The topological polar surface area (TPSA) is 102 Å². The van der Waals surface area contributed by atoms with Crippen LogP contribution in [-0.4, -0.2) is 49.0 Å². The van der Waals surface area contributed by atoms with E-state index in [0.717, 1.165) is 6.26 Å². The molecule has 0 saturated carbocycles. The van der Waals surface area contributed by atoms with Crippen molar-refractivity contribution in [2.45, 2.75) is 0 Å². The number of nitrogens with zero attached hydrogens (tertiary/aromatic N) is 4. The molecule has 1 rings (SSSR count). The summed E-state index contributed by atoms with van der Waals surface area (Å²) in [6.45, 7) is 0.263. The maximum Gasteiger partial charge on any atom is 0.231 e. The molecule has 7 nitrogen and oxygen atoms in total. The van der Waals surface area contributed by atoms with Crippen LogP contribution in [0.4, 0.5) is 11.9 Å². The van der Waals surface area contributed by atoms with Crippen LogP contribution in [0.2, 0.25) is 5.28 Å². The molecule has 0 spiro atoms. The Labute approximate surface area is 98.6 Å². The van der Waals surface area contributed by atoms with Gasteiger partial charge in [0.2, 0.25) is 17.2 Å². The molecule has 1 heterocycles. The highest BCUT2D eigenvalue weighted by Gasteiger charge is 2.10. The summed E-state index contributed by atoms with van der Waals surface area (Å²) in [7, 11) is -1.38. The molecule has 16 heavy (non-hydrogen) atoms. The fourth-order valence-corrected chi connectivity index (χ4v) is 1.70. The Hall–Kier alpha value is -1.15. The summed E-state index contributed by atoms with van der Waals surface area (Å²) in [5.74, 6) is 0.259. The third-order valence-corrected chi connectivity index (χ3v) is 2.85. The Morgan fingerprint density at radius 3 is 2.50 bits per heavy atom. The third-order valence-electron chi connectivity index (χ3n) is 1.75. The zero-order chi connectivity index (χ0) is 12.3. The number of halogens is 1. The average molecular weight is 266 g/mol. The van der Waals surface area contributed by atoms with E-state index in [-0.39, 0.29) is 29.5 Å². The summed E-state index contributed by atoms with van der Waals surface area (Å²) in [4.78, 5) is 12.8. The predicted octanol–water partition coefficient (Wildman–Crippen LogP) is -0.412. The fourth-order valence-electron chi connectivity index (χ4n) is 0.928. The molecular weight excluding hydrogens is 254 g/mol. The minimum atomic E-state index is -3.02. The molecule has 0 amide bonds. The van der Waals surface area contributed by atoms with E-state index in [4.69, 9.17) is 17.3 Å². The first kappa shape index (κ1) is 12.9. The van der Waals surface area contributed by atoms with E-state index >= 15 is 0 Å². The smallest absolute Gasteiger partial charge is 0.231 e. The van der Waals surface area contributed by atoms with Gasteiger partial charge in [0, 0.05) is 19.8 Å². The quantitative estimate of drug-likeness (QED) is 0.789. The van der Waals surface area contributed by atoms with Crippen molar-refractivity contribution in [2.75, 3.05) is 36.2 Å². The van der Waals surface area contributed by atoms with Crippen molar-refractivity contribution in [1.29, 1.82) is 0 Å². The van der Waals surface area contributed by atoms with Gasteiger partial charge in [-0.1, -0.05) is 0 Å². The van der Waals surface area contributed by atoms with E-state index in [1.165, 1.54) is 0 Å². The second-order valence-electron chi connectivity index (χ2n) is 3.31. The first-order valence-electron chi connectivity index (χ1n) is 4.34. The van der Waals surface area contributed by atoms with Crippen LogP contribution in [0.15, 0.2) is 0 Å². The molecule has 1 aromatic rings. The van der Waals surface area contributed by atoms with Crippen molar-refractivity contribution in [1.82, 2.24) is 15.0 Å². The van der Waals surface area contributed by atoms with Crippen LogP contribution in [0.1, 0.15) is 0 Å². The Bertz CT molecular complexity index is 457. The van der Waals surface area contributed by atoms with Gasteiger partial charge in [-0.25, -0.2) is 8.42 Å². The Balaban J connectivity index is 2.76. The van der Waals surface area contributed by atoms with Gasteiger partial charge < -0.3 is 10.6 Å². The summed E-state index contributed by atoms with van der Waals surface area (Å²) in [5, 5.41) is -0.0197. The van der Waals surface area contributed by atoms with E-state index in [1.54, 1.807) is 11.9 Å². The van der Waals surface area contributed by atoms with Crippen LogP contribution in [0, 0.1) is 0 Å². The third kappa shape index (κ3) is 4.15.